The molecule has 4 rings (SSSR count). The van der Waals surface area contributed by atoms with E-state index in [-0.39, 0.29) is 29.3 Å². The predicted molar refractivity (Wildman–Crippen MR) is 149 cm³/mol. The van der Waals surface area contributed by atoms with Gasteiger partial charge in [0, 0.05) is 28.4 Å². The summed E-state index contributed by atoms with van der Waals surface area (Å²) >= 11 is 1.22. The fourth-order valence-corrected chi connectivity index (χ4v) is 4.94. The lowest BCUT2D eigenvalue weighted by atomic mass is 10.0. The Kier molecular flexibility index (Phi) is 8.14. The van der Waals surface area contributed by atoms with Crippen molar-refractivity contribution in [3.05, 3.63) is 101 Å². The van der Waals surface area contributed by atoms with Crippen LogP contribution in [0.25, 0.3) is 0 Å². The molecule has 3 aromatic rings. The number of imide groups is 1. The van der Waals surface area contributed by atoms with E-state index in [4.69, 9.17) is 0 Å². The van der Waals surface area contributed by atoms with E-state index in [1.165, 1.54) is 22.2 Å². The standard InChI is InChI=1S/C30H31N3O3S/c1-19(2)18-33-29(35)26(31-23-15-13-21(14-16-23)20(3)4)27(30(33)36)37-25-12-8-11-24(17-25)32-28(34)22-9-6-5-7-10-22/h5-17,19-20,31H,18H2,1-4H3,(H,32,34). The molecule has 0 fully saturated rings. The number of hydrogen-bond acceptors (Lipinski definition) is 5. The number of carbonyl (C=O) groups excluding carboxylic acids is 3. The minimum Gasteiger partial charge on any atom is -0.350 e. The molecule has 190 valence electrons. The maximum atomic E-state index is 13.4. The minimum atomic E-state index is -0.331. The summed E-state index contributed by atoms with van der Waals surface area (Å²) in [7, 11) is 0. The molecule has 0 atom stereocenters. The Morgan fingerprint density at radius 2 is 1.54 bits per heavy atom. The van der Waals surface area contributed by atoms with Crippen LogP contribution in [0.1, 0.15) is 49.5 Å². The number of hydrogen-bond donors (Lipinski definition) is 2. The summed E-state index contributed by atoms with van der Waals surface area (Å²) in [6, 6.07) is 24.1. The second kappa shape index (κ2) is 11.5. The first-order valence-corrected chi connectivity index (χ1v) is 13.2. The summed E-state index contributed by atoms with van der Waals surface area (Å²) in [4.78, 5) is 41.6. The summed E-state index contributed by atoms with van der Waals surface area (Å²) in [5, 5.41) is 6.10. The van der Waals surface area contributed by atoms with E-state index in [1.807, 2.05) is 68.4 Å². The highest BCUT2D eigenvalue weighted by molar-refractivity contribution is 8.04. The number of nitrogens with zero attached hydrogens (tertiary/aromatic N) is 1. The van der Waals surface area contributed by atoms with Crippen molar-refractivity contribution in [1.82, 2.24) is 4.90 Å². The van der Waals surface area contributed by atoms with Crippen molar-refractivity contribution in [3.63, 3.8) is 0 Å². The summed E-state index contributed by atoms with van der Waals surface area (Å²) in [5.74, 6) is -0.332. The summed E-state index contributed by atoms with van der Waals surface area (Å²) in [6.45, 7) is 8.54. The number of thioether (sulfide) groups is 1. The molecule has 2 N–H and O–H groups in total. The number of carbonyl (C=O) groups is 3. The third-order valence-electron chi connectivity index (χ3n) is 5.87. The zero-order valence-electron chi connectivity index (χ0n) is 21.4. The monoisotopic (exact) mass is 513 g/mol. The maximum Gasteiger partial charge on any atom is 0.278 e. The average Bonchev–Trinajstić information content (AvgIpc) is 3.08. The molecule has 7 heteroatoms. The maximum absolute atomic E-state index is 13.4. The molecule has 0 radical (unpaired) electrons. The Morgan fingerprint density at radius 1 is 0.838 bits per heavy atom. The van der Waals surface area contributed by atoms with Gasteiger partial charge in [0.1, 0.15) is 10.6 Å². The Bertz CT molecular complexity index is 1330. The van der Waals surface area contributed by atoms with Crippen molar-refractivity contribution in [2.24, 2.45) is 5.92 Å². The van der Waals surface area contributed by atoms with Crippen LogP contribution >= 0.6 is 11.8 Å². The van der Waals surface area contributed by atoms with Gasteiger partial charge in [-0.15, -0.1) is 0 Å². The molecule has 6 nitrogen and oxygen atoms in total. The van der Waals surface area contributed by atoms with Crippen LogP contribution in [-0.4, -0.2) is 29.2 Å². The van der Waals surface area contributed by atoms with Gasteiger partial charge < -0.3 is 10.6 Å². The molecule has 0 spiro atoms. The summed E-state index contributed by atoms with van der Waals surface area (Å²) in [6.07, 6.45) is 0. The molecule has 0 aliphatic carbocycles. The van der Waals surface area contributed by atoms with Gasteiger partial charge >= 0.3 is 0 Å². The molecule has 0 saturated carbocycles. The van der Waals surface area contributed by atoms with E-state index in [2.05, 4.69) is 24.5 Å². The van der Waals surface area contributed by atoms with Crippen molar-refractivity contribution in [2.45, 2.75) is 38.5 Å². The lowest BCUT2D eigenvalue weighted by Crippen LogP contribution is -2.35. The van der Waals surface area contributed by atoms with Gasteiger partial charge in [-0.2, -0.15) is 0 Å². The third kappa shape index (κ3) is 6.30. The number of amides is 3. The normalized spacial score (nSPS) is 13.6. The summed E-state index contributed by atoms with van der Waals surface area (Å²) in [5.41, 5.74) is 3.37. The Morgan fingerprint density at radius 3 is 2.19 bits per heavy atom. The fraction of sp³-hybridized carbons (Fsp3) is 0.233. The first-order chi connectivity index (χ1) is 17.7. The van der Waals surface area contributed by atoms with Crippen LogP contribution in [0.3, 0.4) is 0 Å². The van der Waals surface area contributed by atoms with Gasteiger partial charge in [-0.05, 0) is 59.9 Å². The number of nitrogens with one attached hydrogen (secondary N) is 2. The largest absolute Gasteiger partial charge is 0.350 e. The molecule has 0 bridgehead atoms. The van der Waals surface area contributed by atoms with E-state index in [1.54, 1.807) is 24.3 Å². The van der Waals surface area contributed by atoms with Crippen LogP contribution in [0.5, 0.6) is 0 Å². The quantitative estimate of drug-likeness (QED) is 0.319. The molecule has 0 aromatic heterocycles. The van der Waals surface area contributed by atoms with Gasteiger partial charge in [0.15, 0.2) is 0 Å². The highest BCUT2D eigenvalue weighted by Gasteiger charge is 2.39. The van der Waals surface area contributed by atoms with Crippen molar-refractivity contribution in [2.75, 3.05) is 17.2 Å². The second-order valence-electron chi connectivity index (χ2n) is 9.67. The first-order valence-electron chi connectivity index (χ1n) is 12.3. The fourth-order valence-electron chi connectivity index (χ4n) is 3.93. The highest BCUT2D eigenvalue weighted by atomic mass is 32.2. The molecule has 0 unspecified atom stereocenters. The number of anilines is 2. The zero-order chi connectivity index (χ0) is 26.5. The van der Waals surface area contributed by atoms with Gasteiger partial charge in [0.05, 0.1) is 0 Å². The molecule has 3 amide bonds. The third-order valence-corrected chi connectivity index (χ3v) is 6.94. The summed E-state index contributed by atoms with van der Waals surface area (Å²) < 4.78 is 0. The SMILES string of the molecule is CC(C)CN1C(=O)C(Nc2ccc(C(C)C)cc2)=C(Sc2cccc(NC(=O)c3ccccc3)c2)C1=O. The van der Waals surface area contributed by atoms with Crippen molar-refractivity contribution < 1.29 is 14.4 Å². The van der Waals surface area contributed by atoms with Gasteiger partial charge in [0.2, 0.25) is 0 Å². The average molecular weight is 514 g/mol. The van der Waals surface area contributed by atoms with Gasteiger partial charge in [-0.3, -0.25) is 19.3 Å². The molecule has 0 saturated heterocycles. The van der Waals surface area contributed by atoms with Crippen LogP contribution in [0.2, 0.25) is 0 Å². The molecule has 37 heavy (non-hydrogen) atoms. The van der Waals surface area contributed by atoms with Crippen LogP contribution < -0.4 is 10.6 Å². The molecular weight excluding hydrogens is 482 g/mol. The van der Waals surface area contributed by atoms with Gasteiger partial charge in [0.25, 0.3) is 17.7 Å². The molecule has 1 aliphatic rings. The van der Waals surface area contributed by atoms with Crippen molar-refractivity contribution in [3.8, 4) is 0 Å². The minimum absolute atomic E-state index is 0.139. The van der Waals surface area contributed by atoms with Crippen LogP contribution in [0.4, 0.5) is 11.4 Å². The van der Waals surface area contributed by atoms with E-state index < -0.39 is 0 Å². The molecule has 1 heterocycles. The Labute approximate surface area is 222 Å². The van der Waals surface area contributed by atoms with E-state index in [0.717, 1.165) is 10.6 Å². The van der Waals surface area contributed by atoms with Crippen molar-refractivity contribution >= 4 is 40.9 Å². The Hall–Kier alpha value is -3.84. The topological polar surface area (TPSA) is 78.5 Å². The molecule has 3 aromatic carbocycles. The first kappa shape index (κ1) is 26.2. The smallest absolute Gasteiger partial charge is 0.278 e. The van der Waals surface area contributed by atoms with Crippen molar-refractivity contribution in [1.29, 1.82) is 0 Å². The van der Waals surface area contributed by atoms with E-state index in [9.17, 15) is 14.4 Å². The van der Waals surface area contributed by atoms with E-state index in [0.29, 0.717) is 28.6 Å². The van der Waals surface area contributed by atoms with Crippen LogP contribution in [0, 0.1) is 5.92 Å². The highest BCUT2D eigenvalue weighted by Crippen LogP contribution is 2.37. The van der Waals surface area contributed by atoms with Gasteiger partial charge in [-0.25, -0.2) is 0 Å². The van der Waals surface area contributed by atoms with Crippen LogP contribution in [0.15, 0.2) is 94.4 Å². The number of benzene rings is 3. The lowest BCUT2D eigenvalue weighted by molar-refractivity contribution is -0.137. The zero-order valence-corrected chi connectivity index (χ0v) is 22.3. The lowest BCUT2D eigenvalue weighted by Gasteiger charge is -2.17. The van der Waals surface area contributed by atoms with Crippen LogP contribution in [-0.2, 0) is 9.59 Å². The molecule has 1 aliphatic heterocycles. The van der Waals surface area contributed by atoms with E-state index >= 15 is 0 Å². The Balaban J connectivity index is 1.60. The van der Waals surface area contributed by atoms with Gasteiger partial charge in [-0.1, -0.05) is 75.9 Å². The number of rotatable bonds is 9. The predicted octanol–water partition coefficient (Wildman–Crippen LogP) is 6.50. The second-order valence-corrected chi connectivity index (χ2v) is 10.8. The molecular formula is C30H31N3O3S.